The number of nitrogens with one attached hydrogen (secondary N) is 1. The van der Waals surface area contributed by atoms with Gasteiger partial charge in [0.1, 0.15) is 11.6 Å². The fraction of sp³-hybridized carbons (Fsp3) is 0.182. The van der Waals surface area contributed by atoms with E-state index in [1.165, 1.54) is 41.9 Å². The third kappa shape index (κ3) is 4.39. The number of alkyl halides is 2. The molecule has 0 fully saturated rings. The molecule has 1 amide bonds. The van der Waals surface area contributed by atoms with Crippen LogP contribution in [-0.4, -0.2) is 43.1 Å². The number of benzene rings is 1. The maximum absolute atomic E-state index is 15.3. The first kappa shape index (κ1) is 23.1. The molecule has 1 aromatic carbocycles. The Bertz CT molecular complexity index is 1370. The summed E-state index contributed by atoms with van der Waals surface area (Å²) < 4.78 is 58.6. The number of pyridine rings is 2. The number of nitrogens with zero attached hydrogens (tertiary/aromatic N) is 4. The van der Waals surface area contributed by atoms with Gasteiger partial charge in [-0.1, -0.05) is 12.1 Å². The molecule has 4 rings (SSSR count). The summed E-state index contributed by atoms with van der Waals surface area (Å²) in [7, 11) is 0. The second-order valence-electron chi connectivity index (χ2n) is 7.55. The number of nitrogen functional groups attached to an aromatic ring is 1. The van der Waals surface area contributed by atoms with Gasteiger partial charge >= 0.3 is 0 Å². The van der Waals surface area contributed by atoms with Crippen LogP contribution in [0.4, 0.5) is 23.5 Å². The Hall–Kier alpha value is -4.06. The van der Waals surface area contributed by atoms with Crippen molar-refractivity contribution in [3.63, 3.8) is 0 Å². The van der Waals surface area contributed by atoms with Gasteiger partial charge in [-0.15, -0.1) is 5.10 Å². The van der Waals surface area contributed by atoms with E-state index in [0.29, 0.717) is 17.4 Å². The van der Waals surface area contributed by atoms with Gasteiger partial charge in [0.05, 0.1) is 24.0 Å². The number of nitrogens with two attached hydrogens (primary N) is 1. The first-order valence-electron chi connectivity index (χ1n) is 9.94. The molecule has 0 saturated heterocycles. The fourth-order valence-electron chi connectivity index (χ4n) is 3.39. The molecule has 3 aromatic heterocycles. The summed E-state index contributed by atoms with van der Waals surface area (Å²) in [6.45, 7) is 0.153. The largest absolute Gasteiger partial charge is 0.380 e. The van der Waals surface area contributed by atoms with E-state index in [0.717, 1.165) is 12.1 Å². The second kappa shape index (κ2) is 8.71. The van der Waals surface area contributed by atoms with Crippen molar-refractivity contribution in [2.75, 3.05) is 12.3 Å². The minimum Gasteiger partial charge on any atom is -0.380 e. The number of aliphatic hydroxyl groups is 1. The highest BCUT2D eigenvalue weighted by atomic mass is 19.3. The number of aliphatic hydroxyl groups excluding tert-OH is 1. The lowest BCUT2D eigenvalue weighted by atomic mass is 9.98. The standard InChI is InChI=1S/C22H18F4N6O2/c1-11-2-4-14(12-6-7-32-16(8-12)30-21(27)31-32)18(24)17(11)20(34)29-10-22(25,26)19(33)15-5-3-13(23)9-28-15/h2-9,19,33H,10H2,1H3,(H2,27,31)(H,29,34)/t19-/m0/s1. The summed E-state index contributed by atoms with van der Waals surface area (Å²) in [6, 6.07) is 7.75. The van der Waals surface area contributed by atoms with Crippen LogP contribution in [0.2, 0.25) is 0 Å². The topological polar surface area (TPSA) is 118 Å². The number of rotatable bonds is 6. The summed E-state index contributed by atoms with van der Waals surface area (Å²) >= 11 is 0. The molecule has 0 unspecified atom stereocenters. The van der Waals surface area contributed by atoms with Crippen molar-refractivity contribution in [2.24, 2.45) is 0 Å². The number of anilines is 1. The van der Waals surface area contributed by atoms with Gasteiger partial charge in [0.2, 0.25) is 5.95 Å². The number of carbonyl (C=O) groups is 1. The molecule has 4 aromatic rings. The lowest BCUT2D eigenvalue weighted by molar-refractivity contribution is -0.108. The number of hydrogen-bond donors (Lipinski definition) is 3. The molecular weight excluding hydrogens is 456 g/mol. The first-order chi connectivity index (χ1) is 16.1. The van der Waals surface area contributed by atoms with Crippen molar-refractivity contribution < 1.29 is 27.5 Å². The lowest BCUT2D eigenvalue weighted by Crippen LogP contribution is -2.41. The van der Waals surface area contributed by atoms with Crippen LogP contribution in [0.1, 0.15) is 27.7 Å². The SMILES string of the molecule is Cc1ccc(-c2ccn3nc(N)nc3c2)c(F)c1C(=O)NCC(F)(F)[C@@H](O)c1ccc(F)cn1. The van der Waals surface area contributed by atoms with Crippen LogP contribution in [0.15, 0.2) is 48.8 Å². The van der Waals surface area contributed by atoms with E-state index in [4.69, 9.17) is 5.73 Å². The van der Waals surface area contributed by atoms with Crippen molar-refractivity contribution in [1.82, 2.24) is 24.9 Å². The number of halogens is 4. The maximum Gasteiger partial charge on any atom is 0.295 e. The minimum absolute atomic E-state index is 0.0283. The molecule has 0 aliphatic rings. The van der Waals surface area contributed by atoms with E-state index >= 15 is 4.39 Å². The quantitative estimate of drug-likeness (QED) is 0.370. The Morgan fingerprint density at radius 3 is 2.71 bits per heavy atom. The van der Waals surface area contributed by atoms with E-state index in [1.807, 2.05) is 5.32 Å². The third-order valence-electron chi connectivity index (χ3n) is 5.16. The first-order valence-corrected chi connectivity index (χ1v) is 9.94. The maximum atomic E-state index is 15.3. The van der Waals surface area contributed by atoms with Crippen LogP contribution in [0.25, 0.3) is 16.8 Å². The fourth-order valence-corrected chi connectivity index (χ4v) is 3.39. The Labute approximate surface area is 190 Å². The van der Waals surface area contributed by atoms with Gasteiger partial charge in [0.15, 0.2) is 11.8 Å². The molecule has 0 radical (unpaired) electrons. The molecule has 0 saturated carbocycles. The van der Waals surface area contributed by atoms with E-state index < -0.39 is 47.4 Å². The molecular formula is C22H18F4N6O2. The Kier molecular flexibility index (Phi) is 5.92. The van der Waals surface area contributed by atoms with Crippen LogP contribution in [0.5, 0.6) is 0 Å². The van der Waals surface area contributed by atoms with Crippen molar-refractivity contribution in [3.8, 4) is 11.1 Å². The highest BCUT2D eigenvalue weighted by Gasteiger charge is 2.41. The Morgan fingerprint density at radius 2 is 2.00 bits per heavy atom. The highest BCUT2D eigenvalue weighted by molar-refractivity contribution is 5.97. The van der Waals surface area contributed by atoms with Crippen LogP contribution in [0.3, 0.4) is 0 Å². The Morgan fingerprint density at radius 1 is 1.24 bits per heavy atom. The van der Waals surface area contributed by atoms with Gasteiger partial charge in [-0.3, -0.25) is 9.78 Å². The van der Waals surface area contributed by atoms with E-state index in [2.05, 4.69) is 15.1 Å². The predicted molar refractivity (Wildman–Crippen MR) is 114 cm³/mol. The molecule has 8 nitrogen and oxygen atoms in total. The normalized spacial score (nSPS) is 12.6. The van der Waals surface area contributed by atoms with Crippen molar-refractivity contribution in [1.29, 1.82) is 0 Å². The second-order valence-corrected chi connectivity index (χ2v) is 7.55. The summed E-state index contributed by atoms with van der Waals surface area (Å²) in [4.78, 5) is 20.1. The number of aryl methyl sites for hydroxylation is 1. The summed E-state index contributed by atoms with van der Waals surface area (Å²) in [5.74, 6) is -6.60. The molecule has 34 heavy (non-hydrogen) atoms. The summed E-state index contributed by atoms with van der Waals surface area (Å²) in [5, 5.41) is 15.8. The number of aromatic nitrogens is 4. The molecule has 176 valence electrons. The summed E-state index contributed by atoms with van der Waals surface area (Å²) in [5.41, 5.74) is 5.63. The highest BCUT2D eigenvalue weighted by Crippen LogP contribution is 2.31. The average molecular weight is 474 g/mol. The van der Waals surface area contributed by atoms with E-state index in [1.54, 1.807) is 0 Å². The predicted octanol–water partition coefficient (Wildman–Crippen LogP) is 3.06. The van der Waals surface area contributed by atoms with Gasteiger partial charge < -0.3 is 16.2 Å². The van der Waals surface area contributed by atoms with Crippen molar-refractivity contribution in [2.45, 2.75) is 19.0 Å². The Balaban J connectivity index is 1.57. The third-order valence-corrected chi connectivity index (χ3v) is 5.16. The van der Waals surface area contributed by atoms with Crippen LogP contribution in [0, 0.1) is 18.6 Å². The van der Waals surface area contributed by atoms with E-state index in [9.17, 15) is 23.1 Å². The zero-order valence-electron chi connectivity index (χ0n) is 17.6. The molecule has 1 atom stereocenters. The van der Waals surface area contributed by atoms with Gasteiger partial charge in [-0.2, -0.15) is 4.98 Å². The molecule has 0 aliphatic heterocycles. The molecule has 3 heterocycles. The number of fused-ring (bicyclic) bond motifs is 1. The van der Waals surface area contributed by atoms with Gasteiger partial charge in [-0.25, -0.2) is 22.1 Å². The number of carbonyl (C=O) groups excluding carboxylic acids is 1. The van der Waals surface area contributed by atoms with Gasteiger partial charge in [0.25, 0.3) is 11.8 Å². The van der Waals surface area contributed by atoms with Gasteiger partial charge in [0, 0.05) is 11.8 Å². The monoisotopic (exact) mass is 474 g/mol. The molecule has 12 heteroatoms. The molecule has 4 N–H and O–H groups in total. The molecule has 0 aliphatic carbocycles. The smallest absolute Gasteiger partial charge is 0.295 e. The zero-order valence-corrected chi connectivity index (χ0v) is 17.6. The van der Waals surface area contributed by atoms with Gasteiger partial charge in [-0.05, 0) is 42.3 Å². The lowest BCUT2D eigenvalue weighted by Gasteiger charge is -2.23. The average Bonchev–Trinajstić information content (AvgIpc) is 3.17. The summed E-state index contributed by atoms with van der Waals surface area (Å²) in [6.07, 6.45) is -0.214. The number of amides is 1. The minimum atomic E-state index is -3.86. The molecule has 0 bridgehead atoms. The van der Waals surface area contributed by atoms with Crippen LogP contribution >= 0.6 is 0 Å². The van der Waals surface area contributed by atoms with Crippen LogP contribution < -0.4 is 11.1 Å². The zero-order chi connectivity index (χ0) is 24.6. The number of hydrogen-bond acceptors (Lipinski definition) is 6. The van der Waals surface area contributed by atoms with Crippen molar-refractivity contribution >= 4 is 17.5 Å². The van der Waals surface area contributed by atoms with E-state index in [-0.39, 0.29) is 17.1 Å². The van der Waals surface area contributed by atoms with Crippen molar-refractivity contribution in [3.05, 3.63) is 77.2 Å². The van der Waals surface area contributed by atoms with Crippen LogP contribution in [-0.2, 0) is 0 Å². The molecule has 0 spiro atoms.